The van der Waals surface area contributed by atoms with E-state index in [0.29, 0.717) is 5.56 Å². The van der Waals surface area contributed by atoms with Gasteiger partial charge in [0.2, 0.25) is 0 Å². The van der Waals surface area contributed by atoms with Crippen molar-refractivity contribution in [3.05, 3.63) is 41.5 Å². The molecule has 5 heteroatoms. The van der Waals surface area contributed by atoms with Crippen LogP contribution >= 0.6 is 0 Å². The van der Waals surface area contributed by atoms with Crippen LogP contribution in [0.5, 0.6) is 0 Å². The molecule has 0 saturated carbocycles. The van der Waals surface area contributed by atoms with Crippen molar-refractivity contribution < 1.29 is 18.3 Å². The lowest BCUT2D eigenvalue weighted by atomic mass is 9.94. The van der Waals surface area contributed by atoms with Crippen LogP contribution < -0.4 is 5.32 Å². The molecule has 1 aliphatic heterocycles. The molecule has 0 aliphatic carbocycles. The summed E-state index contributed by atoms with van der Waals surface area (Å²) in [6.07, 6.45) is -1.54. The molecular formula is C13H14F3NO. The number of aliphatic hydroxyl groups is 1. The van der Waals surface area contributed by atoms with Crippen molar-refractivity contribution >= 4 is 5.57 Å². The van der Waals surface area contributed by atoms with Crippen LogP contribution in [0, 0.1) is 0 Å². The number of halogens is 3. The van der Waals surface area contributed by atoms with Crippen LogP contribution in [-0.2, 0) is 6.18 Å². The molecule has 0 amide bonds. The Morgan fingerprint density at radius 3 is 2.44 bits per heavy atom. The molecule has 1 aliphatic rings. The van der Waals surface area contributed by atoms with E-state index in [0.717, 1.165) is 30.7 Å². The lowest BCUT2D eigenvalue weighted by Gasteiger charge is -2.24. The van der Waals surface area contributed by atoms with Crippen molar-refractivity contribution in [2.45, 2.75) is 18.6 Å². The number of hydrogen-bond donors (Lipinski definition) is 2. The maximum Gasteiger partial charge on any atom is 0.416 e. The van der Waals surface area contributed by atoms with E-state index in [4.69, 9.17) is 0 Å². The Hall–Kier alpha value is -1.33. The van der Waals surface area contributed by atoms with Gasteiger partial charge in [0.25, 0.3) is 0 Å². The zero-order chi connectivity index (χ0) is 13.2. The average molecular weight is 257 g/mol. The molecule has 1 aromatic carbocycles. The van der Waals surface area contributed by atoms with Gasteiger partial charge >= 0.3 is 6.18 Å². The predicted molar refractivity (Wildman–Crippen MR) is 62.9 cm³/mol. The van der Waals surface area contributed by atoms with E-state index in [1.54, 1.807) is 0 Å². The molecule has 1 heterocycles. The van der Waals surface area contributed by atoms with Gasteiger partial charge in [-0.05, 0) is 36.2 Å². The van der Waals surface area contributed by atoms with E-state index in [1.165, 1.54) is 12.1 Å². The van der Waals surface area contributed by atoms with Crippen molar-refractivity contribution in [3.8, 4) is 0 Å². The fourth-order valence-corrected chi connectivity index (χ4v) is 2.07. The van der Waals surface area contributed by atoms with Crippen LogP contribution in [0.2, 0.25) is 0 Å². The van der Waals surface area contributed by atoms with Gasteiger partial charge in [0, 0.05) is 0 Å². The number of hydrogen-bond acceptors (Lipinski definition) is 2. The highest BCUT2D eigenvalue weighted by Crippen LogP contribution is 2.31. The minimum absolute atomic E-state index is 0.0626. The van der Waals surface area contributed by atoms with Crippen LogP contribution in [0.1, 0.15) is 17.5 Å². The molecule has 0 fully saturated rings. The van der Waals surface area contributed by atoms with Gasteiger partial charge in [-0.25, -0.2) is 0 Å². The van der Waals surface area contributed by atoms with Crippen molar-refractivity contribution in [1.29, 1.82) is 0 Å². The van der Waals surface area contributed by atoms with Gasteiger partial charge < -0.3 is 10.4 Å². The molecule has 0 saturated heterocycles. The number of rotatable bonds is 2. The van der Waals surface area contributed by atoms with Gasteiger partial charge in [-0.1, -0.05) is 18.2 Å². The second kappa shape index (κ2) is 5.12. The van der Waals surface area contributed by atoms with E-state index in [1.807, 2.05) is 6.08 Å². The molecule has 2 nitrogen and oxygen atoms in total. The fourth-order valence-electron chi connectivity index (χ4n) is 2.07. The minimum Gasteiger partial charge on any atom is -0.394 e. The predicted octanol–water partition coefficient (Wildman–Crippen LogP) is 2.44. The van der Waals surface area contributed by atoms with Gasteiger partial charge in [0.05, 0.1) is 18.2 Å². The van der Waals surface area contributed by atoms with E-state index in [-0.39, 0.29) is 12.6 Å². The summed E-state index contributed by atoms with van der Waals surface area (Å²) in [6.45, 7) is 0.711. The van der Waals surface area contributed by atoms with Gasteiger partial charge in [-0.15, -0.1) is 0 Å². The van der Waals surface area contributed by atoms with Gasteiger partial charge in [0.1, 0.15) is 0 Å². The highest BCUT2D eigenvalue weighted by Gasteiger charge is 2.30. The van der Waals surface area contributed by atoms with E-state index < -0.39 is 11.7 Å². The minimum atomic E-state index is -4.31. The van der Waals surface area contributed by atoms with Crippen molar-refractivity contribution in [3.63, 3.8) is 0 Å². The lowest BCUT2D eigenvalue weighted by Crippen LogP contribution is -2.36. The Morgan fingerprint density at radius 2 is 1.89 bits per heavy atom. The molecule has 1 aromatic rings. The summed E-state index contributed by atoms with van der Waals surface area (Å²) in [7, 11) is 0. The van der Waals surface area contributed by atoms with Crippen LogP contribution in [0.15, 0.2) is 30.3 Å². The maximum atomic E-state index is 12.4. The smallest absolute Gasteiger partial charge is 0.394 e. The summed E-state index contributed by atoms with van der Waals surface area (Å²) < 4.78 is 37.3. The first-order valence-electron chi connectivity index (χ1n) is 5.74. The molecule has 98 valence electrons. The third-order valence-electron chi connectivity index (χ3n) is 3.00. The second-order valence-corrected chi connectivity index (χ2v) is 4.21. The van der Waals surface area contributed by atoms with Crippen LogP contribution in [0.4, 0.5) is 13.2 Å². The Bertz CT molecular complexity index is 437. The highest BCUT2D eigenvalue weighted by atomic mass is 19.4. The van der Waals surface area contributed by atoms with E-state index in [9.17, 15) is 18.3 Å². The van der Waals surface area contributed by atoms with E-state index >= 15 is 0 Å². The molecule has 2 N–H and O–H groups in total. The number of aliphatic hydroxyl groups excluding tert-OH is 1. The summed E-state index contributed by atoms with van der Waals surface area (Å²) >= 11 is 0. The number of nitrogens with one attached hydrogen (secondary N) is 1. The summed E-state index contributed by atoms with van der Waals surface area (Å²) in [6, 6.07) is 4.84. The van der Waals surface area contributed by atoms with Crippen LogP contribution in [-0.4, -0.2) is 24.3 Å². The van der Waals surface area contributed by atoms with Gasteiger partial charge in [-0.2, -0.15) is 13.2 Å². The molecule has 18 heavy (non-hydrogen) atoms. The SMILES string of the molecule is OCC1NCCC=C1c1ccc(C(F)(F)F)cc1. The fraction of sp³-hybridized carbons (Fsp3) is 0.385. The molecular weight excluding hydrogens is 243 g/mol. The molecule has 0 aromatic heterocycles. The van der Waals surface area contributed by atoms with Gasteiger partial charge in [-0.3, -0.25) is 0 Å². The molecule has 0 radical (unpaired) electrons. The van der Waals surface area contributed by atoms with Crippen molar-refractivity contribution in [1.82, 2.24) is 5.32 Å². The quantitative estimate of drug-likeness (QED) is 0.853. The zero-order valence-electron chi connectivity index (χ0n) is 9.67. The van der Waals surface area contributed by atoms with Crippen molar-refractivity contribution in [2.24, 2.45) is 0 Å². The second-order valence-electron chi connectivity index (χ2n) is 4.21. The first-order valence-corrected chi connectivity index (χ1v) is 5.74. The monoisotopic (exact) mass is 257 g/mol. The topological polar surface area (TPSA) is 32.3 Å². The Balaban J connectivity index is 2.26. The molecule has 2 rings (SSSR count). The lowest BCUT2D eigenvalue weighted by molar-refractivity contribution is -0.137. The molecule has 1 atom stereocenters. The maximum absolute atomic E-state index is 12.4. The summed E-state index contributed by atoms with van der Waals surface area (Å²) in [5.41, 5.74) is 0.919. The summed E-state index contributed by atoms with van der Waals surface area (Å²) in [5, 5.41) is 12.3. The Labute approximate surface area is 103 Å². The van der Waals surface area contributed by atoms with Crippen molar-refractivity contribution in [2.75, 3.05) is 13.2 Å². The van der Waals surface area contributed by atoms with Crippen LogP contribution in [0.3, 0.4) is 0 Å². The summed E-state index contributed by atoms with van der Waals surface area (Å²) in [4.78, 5) is 0. The average Bonchev–Trinajstić information content (AvgIpc) is 2.38. The summed E-state index contributed by atoms with van der Waals surface area (Å²) in [5.74, 6) is 0. The zero-order valence-corrected chi connectivity index (χ0v) is 9.67. The standard InChI is InChI=1S/C13H14F3NO/c14-13(15,16)10-5-3-9(4-6-10)11-2-1-7-17-12(11)8-18/h2-6,12,17-18H,1,7-8H2. The van der Waals surface area contributed by atoms with Crippen LogP contribution in [0.25, 0.3) is 5.57 Å². The third kappa shape index (κ3) is 2.73. The highest BCUT2D eigenvalue weighted by molar-refractivity contribution is 5.70. The number of benzene rings is 1. The first kappa shape index (κ1) is 13.1. The third-order valence-corrected chi connectivity index (χ3v) is 3.00. The molecule has 0 spiro atoms. The first-order chi connectivity index (χ1) is 8.52. The Kier molecular flexibility index (Phi) is 3.73. The normalized spacial score (nSPS) is 20.7. The largest absolute Gasteiger partial charge is 0.416 e. The molecule has 1 unspecified atom stereocenters. The number of alkyl halides is 3. The molecule has 0 bridgehead atoms. The van der Waals surface area contributed by atoms with E-state index in [2.05, 4.69) is 5.32 Å². The Morgan fingerprint density at radius 1 is 1.22 bits per heavy atom. The van der Waals surface area contributed by atoms with Gasteiger partial charge in [0.15, 0.2) is 0 Å².